The number of hydrogen-bond donors (Lipinski definition) is 1. The molecule has 3 aromatic rings. The maximum Gasteiger partial charge on any atom is 0.209 e. The molecular weight excluding hydrogens is 269 g/mol. The van der Waals surface area contributed by atoms with Crippen molar-refractivity contribution in [3.05, 3.63) is 59.7 Å². The van der Waals surface area contributed by atoms with Gasteiger partial charge in [-0.05, 0) is 36.9 Å². The number of aromatic nitrogens is 1. The number of nitrogens with zero attached hydrogens (tertiary/aromatic N) is 2. The maximum absolute atomic E-state index is 13.2. The zero-order valence-electron chi connectivity index (χ0n) is 11.7. The van der Waals surface area contributed by atoms with E-state index in [2.05, 4.69) is 4.98 Å². The summed E-state index contributed by atoms with van der Waals surface area (Å²) in [4.78, 5) is 6.43. The van der Waals surface area contributed by atoms with Crippen molar-refractivity contribution in [1.29, 1.82) is 0 Å². The predicted octanol–water partition coefficient (Wildman–Crippen LogP) is 3.18. The van der Waals surface area contributed by atoms with E-state index in [9.17, 15) is 4.39 Å². The van der Waals surface area contributed by atoms with Gasteiger partial charge in [-0.2, -0.15) is 0 Å². The lowest BCUT2D eigenvalue weighted by molar-refractivity contribution is 0.285. The van der Waals surface area contributed by atoms with Gasteiger partial charge in [0.05, 0.1) is 6.54 Å². The zero-order chi connectivity index (χ0) is 14.8. The van der Waals surface area contributed by atoms with Gasteiger partial charge < -0.3 is 10.2 Å². The van der Waals surface area contributed by atoms with Gasteiger partial charge in [0.25, 0.3) is 0 Å². The molecule has 0 saturated carbocycles. The van der Waals surface area contributed by atoms with E-state index in [1.54, 1.807) is 18.2 Å². The van der Waals surface area contributed by atoms with Crippen molar-refractivity contribution in [3.63, 3.8) is 0 Å². The van der Waals surface area contributed by atoms with E-state index in [1.165, 1.54) is 12.1 Å². The van der Waals surface area contributed by atoms with Crippen LogP contribution in [0.15, 0.2) is 46.9 Å². The molecule has 0 bridgehead atoms. The Morgan fingerprint density at radius 2 is 2.05 bits per heavy atom. The van der Waals surface area contributed by atoms with Gasteiger partial charge in [0.2, 0.25) is 5.89 Å². The zero-order valence-corrected chi connectivity index (χ0v) is 11.7. The molecule has 4 nitrogen and oxygen atoms in total. The fourth-order valence-corrected chi connectivity index (χ4v) is 2.29. The molecule has 5 heteroatoms. The fourth-order valence-electron chi connectivity index (χ4n) is 2.29. The monoisotopic (exact) mass is 285 g/mol. The number of hydrogen-bond acceptors (Lipinski definition) is 4. The average Bonchev–Trinajstić information content (AvgIpc) is 2.79. The third-order valence-electron chi connectivity index (χ3n) is 3.20. The van der Waals surface area contributed by atoms with Gasteiger partial charge in [-0.1, -0.05) is 12.1 Å². The van der Waals surface area contributed by atoms with Gasteiger partial charge in [0.1, 0.15) is 11.3 Å². The van der Waals surface area contributed by atoms with Crippen LogP contribution in [0.25, 0.3) is 11.1 Å². The minimum atomic E-state index is -0.224. The van der Waals surface area contributed by atoms with Crippen LogP contribution >= 0.6 is 0 Å². The lowest BCUT2D eigenvalue weighted by Crippen LogP contribution is -2.17. The SMILES string of the molecule is CN(Cc1cccc(F)c1)Cc1nc2ccc(N)cc2o1. The summed E-state index contributed by atoms with van der Waals surface area (Å²) >= 11 is 0. The summed E-state index contributed by atoms with van der Waals surface area (Å²) in [6, 6.07) is 12.0. The summed E-state index contributed by atoms with van der Waals surface area (Å²) in [6.07, 6.45) is 0. The number of benzene rings is 2. The van der Waals surface area contributed by atoms with Crippen molar-refractivity contribution < 1.29 is 8.81 Å². The lowest BCUT2D eigenvalue weighted by Gasteiger charge is -2.14. The van der Waals surface area contributed by atoms with E-state index in [1.807, 2.05) is 24.1 Å². The third kappa shape index (κ3) is 3.20. The van der Waals surface area contributed by atoms with Crippen LogP contribution in [0.5, 0.6) is 0 Å². The number of anilines is 1. The number of nitrogen functional groups attached to an aromatic ring is 1. The molecule has 0 aliphatic rings. The molecule has 0 saturated heterocycles. The summed E-state index contributed by atoms with van der Waals surface area (Å²) in [6.45, 7) is 1.17. The molecule has 0 aliphatic heterocycles. The Balaban J connectivity index is 1.72. The second-order valence-electron chi connectivity index (χ2n) is 5.14. The summed E-state index contributed by atoms with van der Waals surface area (Å²) < 4.78 is 18.8. The summed E-state index contributed by atoms with van der Waals surface area (Å²) in [5.74, 6) is 0.396. The number of oxazole rings is 1. The molecule has 0 radical (unpaired) electrons. The summed E-state index contributed by atoms with van der Waals surface area (Å²) in [5.41, 5.74) is 8.76. The average molecular weight is 285 g/mol. The standard InChI is InChI=1S/C16H16FN3O/c1-20(9-11-3-2-4-12(17)7-11)10-16-19-14-6-5-13(18)8-15(14)21-16/h2-8H,9-10,18H2,1H3. The highest BCUT2D eigenvalue weighted by molar-refractivity contribution is 5.76. The summed E-state index contributed by atoms with van der Waals surface area (Å²) in [5, 5.41) is 0. The van der Waals surface area contributed by atoms with Gasteiger partial charge in [-0.3, -0.25) is 4.90 Å². The van der Waals surface area contributed by atoms with E-state index in [4.69, 9.17) is 10.2 Å². The van der Waals surface area contributed by atoms with Crippen LogP contribution < -0.4 is 5.73 Å². The van der Waals surface area contributed by atoms with Crippen molar-refractivity contribution in [2.75, 3.05) is 12.8 Å². The van der Waals surface area contributed by atoms with Gasteiger partial charge in [-0.25, -0.2) is 9.37 Å². The van der Waals surface area contributed by atoms with E-state index < -0.39 is 0 Å². The van der Waals surface area contributed by atoms with Crippen molar-refractivity contribution in [2.45, 2.75) is 13.1 Å². The van der Waals surface area contributed by atoms with E-state index in [-0.39, 0.29) is 5.82 Å². The Morgan fingerprint density at radius 3 is 2.86 bits per heavy atom. The van der Waals surface area contributed by atoms with Crippen LogP contribution in [0.2, 0.25) is 0 Å². The van der Waals surface area contributed by atoms with Gasteiger partial charge in [0.15, 0.2) is 5.58 Å². The predicted molar refractivity (Wildman–Crippen MR) is 80.0 cm³/mol. The highest BCUT2D eigenvalue weighted by Crippen LogP contribution is 2.19. The number of halogens is 1. The quantitative estimate of drug-likeness (QED) is 0.748. The van der Waals surface area contributed by atoms with Gasteiger partial charge >= 0.3 is 0 Å². The number of nitrogens with two attached hydrogens (primary N) is 1. The molecule has 0 atom stereocenters. The van der Waals surface area contributed by atoms with E-state index in [0.29, 0.717) is 30.3 Å². The maximum atomic E-state index is 13.2. The van der Waals surface area contributed by atoms with Crippen LogP contribution in [0.4, 0.5) is 10.1 Å². The first-order valence-electron chi connectivity index (χ1n) is 6.68. The van der Waals surface area contributed by atoms with Crippen LogP contribution in [0.1, 0.15) is 11.5 Å². The molecule has 21 heavy (non-hydrogen) atoms. The molecule has 0 aliphatic carbocycles. The Hall–Kier alpha value is -2.40. The highest BCUT2D eigenvalue weighted by atomic mass is 19.1. The molecule has 0 unspecified atom stereocenters. The normalized spacial score (nSPS) is 11.4. The molecule has 108 valence electrons. The Kier molecular flexibility index (Phi) is 3.58. The smallest absolute Gasteiger partial charge is 0.209 e. The minimum Gasteiger partial charge on any atom is -0.439 e. The number of fused-ring (bicyclic) bond motifs is 1. The molecule has 3 rings (SSSR count). The van der Waals surface area contributed by atoms with Crippen molar-refractivity contribution in [3.8, 4) is 0 Å². The first-order chi connectivity index (χ1) is 10.1. The van der Waals surface area contributed by atoms with Crippen LogP contribution in [0, 0.1) is 5.82 Å². The molecular formula is C16H16FN3O. The van der Waals surface area contributed by atoms with Crippen molar-refractivity contribution >= 4 is 16.8 Å². The van der Waals surface area contributed by atoms with Crippen molar-refractivity contribution in [1.82, 2.24) is 9.88 Å². The topological polar surface area (TPSA) is 55.3 Å². The Morgan fingerprint density at radius 1 is 1.19 bits per heavy atom. The second kappa shape index (κ2) is 5.54. The molecule has 2 aromatic carbocycles. The molecule has 0 amide bonds. The third-order valence-corrected chi connectivity index (χ3v) is 3.20. The molecule has 1 aromatic heterocycles. The molecule has 0 fully saturated rings. The van der Waals surface area contributed by atoms with Crippen LogP contribution in [0.3, 0.4) is 0 Å². The molecule has 2 N–H and O–H groups in total. The lowest BCUT2D eigenvalue weighted by atomic mass is 10.2. The summed E-state index contributed by atoms with van der Waals surface area (Å²) in [7, 11) is 1.94. The fraction of sp³-hybridized carbons (Fsp3) is 0.188. The Bertz CT molecular complexity index is 769. The first kappa shape index (κ1) is 13.6. The van der Waals surface area contributed by atoms with Gasteiger partial charge in [-0.15, -0.1) is 0 Å². The molecule has 0 spiro atoms. The van der Waals surface area contributed by atoms with E-state index in [0.717, 1.165) is 11.1 Å². The molecule has 1 heterocycles. The number of rotatable bonds is 4. The largest absolute Gasteiger partial charge is 0.439 e. The van der Waals surface area contributed by atoms with Crippen LogP contribution in [-0.4, -0.2) is 16.9 Å². The van der Waals surface area contributed by atoms with Gasteiger partial charge in [0, 0.05) is 18.3 Å². The van der Waals surface area contributed by atoms with Crippen molar-refractivity contribution in [2.24, 2.45) is 0 Å². The minimum absolute atomic E-state index is 0.224. The second-order valence-corrected chi connectivity index (χ2v) is 5.14. The van der Waals surface area contributed by atoms with E-state index >= 15 is 0 Å². The highest BCUT2D eigenvalue weighted by Gasteiger charge is 2.09. The first-order valence-corrected chi connectivity index (χ1v) is 6.68. The Labute approximate surface area is 122 Å². The van der Waals surface area contributed by atoms with Crippen LogP contribution in [-0.2, 0) is 13.1 Å².